The maximum Gasteiger partial charge on any atom is 0.236 e. The van der Waals surface area contributed by atoms with Gasteiger partial charge in [0.25, 0.3) is 0 Å². The Balaban J connectivity index is 1.34. The van der Waals surface area contributed by atoms with E-state index in [9.17, 15) is 9.18 Å². The third kappa shape index (κ3) is 6.05. The molecule has 0 spiro atoms. The lowest BCUT2D eigenvalue weighted by Crippen LogP contribution is -2.15. The fourth-order valence-electron chi connectivity index (χ4n) is 3.90. The van der Waals surface area contributed by atoms with E-state index in [1.54, 1.807) is 0 Å². The van der Waals surface area contributed by atoms with Gasteiger partial charge in [-0.25, -0.2) is 4.39 Å². The van der Waals surface area contributed by atoms with Crippen LogP contribution in [0.15, 0.2) is 23.4 Å². The highest BCUT2D eigenvalue weighted by Crippen LogP contribution is 2.35. The number of benzene rings is 1. The van der Waals surface area contributed by atoms with Crippen LogP contribution in [0.2, 0.25) is 5.02 Å². The Hall–Kier alpha value is -2.24. The van der Waals surface area contributed by atoms with Crippen molar-refractivity contribution in [3.8, 4) is 5.75 Å². The van der Waals surface area contributed by atoms with Crippen LogP contribution in [-0.2, 0) is 11.3 Å². The molecule has 0 bridgehead atoms. The van der Waals surface area contributed by atoms with Gasteiger partial charge in [0.15, 0.2) is 17.1 Å². The van der Waals surface area contributed by atoms with Gasteiger partial charge in [-0.2, -0.15) is 0 Å². The van der Waals surface area contributed by atoms with Crippen LogP contribution in [0, 0.1) is 5.82 Å². The van der Waals surface area contributed by atoms with E-state index in [0.717, 1.165) is 17.8 Å². The molecule has 182 valence electrons. The summed E-state index contributed by atoms with van der Waals surface area (Å²) in [5.74, 6) is 0.965. The molecule has 0 radical (unpaired) electrons. The number of thioether (sulfide) groups is 1. The second kappa shape index (κ2) is 11.5. The number of anilines is 1. The minimum Gasteiger partial charge on any atom is -0.481 e. The molecule has 1 aliphatic carbocycles. The molecule has 3 aromatic rings. The number of nitrogens with one attached hydrogen (secondary N) is 1. The average Bonchev–Trinajstić information content (AvgIpc) is 3.47. The number of carbonyl (C=O) groups excluding carboxylic acids is 1. The standard InChI is InChI=1S/C22H26ClFN6O2S2/c1-3-30-19(13(2)32-17-10-9-15(24)11-16(17)23)26-29-22(30)33-12-18(31)25-21-28-27-20(34-21)14-7-5-4-6-8-14/h9-11,13-14H,3-8,12H2,1-2H3,(H,25,28,31). The van der Waals surface area contributed by atoms with Crippen LogP contribution in [0.25, 0.3) is 0 Å². The normalized spacial score (nSPS) is 15.3. The Bertz CT molecular complexity index is 1130. The molecule has 1 atom stereocenters. The molecule has 1 aromatic carbocycles. The van der Waals surface area contributed by atoms with Crippen molar-refractivity contribution in [1.82, 2.24) is 25.0 Å². The smallest absolute Gasteiger partial charge is 0.236 e. The van der Waals surface area contributed by atoms with E-state index in [-0.39, 0.29) is 16.7 Å². The summed E-state index contributed by atoms with van der Waals surface area (Å²) in [7, 11) is 0. The maximum absolute atomic E-state index is 13.3. The lowest BCUT2D eigenvalue weighted by Gasteiger charge is -2.18. The van der Waals surface area contributed by atoms with E-state index in [1.807, 2.05) is 18.4 Å². The molecule has 1 amide bonds. The molecule has 1 saturated carbocycles. The van der Waals surface area contributed by atoms with Crippen LogP contribution in [0.5, 0.6) is 5.75 Å². The van der Waals surface area contributed by atoms with Crippen molar-refractivity contribution in [1.29, 1.82) is 0 Å². The molecule has 1 N–H and O–H groups in total. The average molecular weight is 525 g/mol. The van der Waals surface area contributed by atoms with E-state index in [1.165, 1.54) is 60.6 Å². The second-order valence-electron chi connectivity index (χ2n) is 8.04. The highest BCUT2D eigenvalue weighted by molar-refractivity contribution is 7.99. The molecule has 2 aromatic heterocycles. The summed E-state index contributed by atoms with van der Waals surface area (Å²) < 4.78 is 21.1. The Morgan fingerprint density at radius 3 is 2.82 bits per heavy atom. The number of carbonyl (C=O) groups is 1. The van der Waals surface area contributed by atoms with Gasteiger partial charge in [-0.3, -0.25) is 10.1 Å². The van der Waals surface area contributed by atoms with E-state index < -0.39 is 11.9 Å². The van der Waals surface area contributed by atoms with Gasteiger partial charge in [0.05, 0.1) is 10.8 Å². The minimum absolute atomic E-state index is 0.162. The zero-order valence-corrected chi connectivity index (χ0v) is 21.4. The highest BCUT2D eigenvalue weighted by atomic mass is 35.5. The van der Waals surface area contributed by atoms with Gasteiger partial charge in [0.2, 0.25) is 11.0 Å². The minimum atomic E-state index is -0.474. The third-order valence-corrected chi connectivity index (χ3v) is 7.86. The lowest BCUT2D eigenvalue weighted by molar-refractivity contribution is -0.113. The molecular weight excluding hydrogens is 499 g/mol. The zero-order chi connectivity index (χ0) is 24.1. The quantitative estimate of drug-likeness (QED) is 0.350. The van der Waals surface area contributed by atoms with Crippen LogP contribution < -0.4 is 10.1 Å². The van der Waals surface area contributed by atoms with Gasteiger partial charge in [-0.1, -0.05) is 54.0 Å². The zero-order valence-electron chi connectivity index (χ0n) is 19.0. The number of hydrogen-bond donors (Lipinski definition) is 1. The van der Waals surface area contributed by atoms with Crippen molar-refractivity contribution in [2.45, 2.75) is 69.7 Å². The predicted octanol–water partition coefficient (Wildman–Crippen LogP) is 5.86. The van der Waals surface area contributed by atoms with Crippen molar-refractivity contribution < 1.29 is 13.9 Å². The molecule has 8 nitrogen and oxygen atoms in total. The fraction of sp³-hybridized carbons (Fsp3) is 0.500. The topological polar surface area (TPSA) is 94.8 Å². The summed E-state index contributed by atoms with van der Waals surface area (Å²) in [6.07, 6.45) is 5.54. The Morgan fingerprint density at radius 2 is 2.09 bits per heavy atom. The molecule has 1 fully saturated rings. The number of amides is 1. The Kier molecular flexibility index (Phi) is 8.38. The van der Waals surface area contributed by atoms with Crippen LogP contribution in [0.1, 0.15) is 68.8 Å². The largest absolute Gasteiger partial charge is 0.481 e. The molecular formula is C22H26ClFN6O2S2. The summed E-state index contributed by atoms with van der Waals surface area (Å²) in [4.78, 5) is 12.5. The molecule has 0 saturated heterocycles. The summed E-state index contributed by atoms with van der Waals surface area (Å²) in [6, 6.07) is 3.96. The van der Waals surface area contributed by atoms with Gasteiger partial charge in [0, 0.05) is 12.5 Å². The molecule has 1 aliphatic rings. The summed E-state index contributed by atoms with van der Waals surface area (Å²) in [5.41, 5.74) is 0. The molecule has 12 heteroatoms. The van der Waals surface area contributed by atoms with Crippen LogP contribution in [0.4, 0.5) is 9.52 Å². The van der Waals surface area contributed by atoms with Crippen molar-refractivity contribution in [2.24, 2.45) is 0 Å². The second-order valence-corrected chi connectivity index (χ2v) is 10.4. The Morgan fingerprint density at radius 1 is 1.29 bits per heavy atom. The molecule has 4 rings (SSSR count). The first-order valence-electron chi connectivity index (χ1n) is 11.3. The van der Waals surface area contributed by atoms with Gasteiger partial charge in [0.1, 0.15) is 16.6 Å². The van der Waals surface area contributed by atoms with Crippen molar-refractivity contribution in [3.05, 3.63) is 39.9 Å². The molecule has 2 heterocycles. The van der Waals surface area contributed by atoms with E-state index in [2.05, 4.69) is 25.7 Å². The van der Waals surface area contributed by atoms with Crippen molar-refractivity contribution >= 4 is 45.7 Å². The lowest BCUT2D eigenvalue weighted by atomic mass is 9.90. The SMILES string of the molecule is CCn1c(SCC(=O)Nc2nnc(C3CCCCC3)s2)nnc1C(C)Oc1ccc(F)cc1Cl. The number of aromatic nitrogens is 5. The van der Waals surface area contributed by atoms with Crippen LogP contribution in [0.3, 0.4) is 0 Å². The summed E-state index contributed by atoms with van der Waals surface area (Å²) in [6.45, 7) is 4.37. The van der Waals surface area contributed by atoms with Gasteiger partial charge >= 0.3 is 0 Å². The first-order chi connectivity index (χ1) is 16.4. The number of halogens is 2. The Labute approximate surface area is 210 Å². The first-order valence-corrected chi connectivity index (χ1v) is 13.4. The molecule has 34 heavy (non-hydrogen) atoms. The first kappa shape index (κ1) is 24.9. The number of nitrogens with zero attached hydrogens (tertiary/aromatic N) is 5. The third-order valence-electron chi connectivity index (χ3n) is 5.60. The van der Waals surface area contributed by atoms with Crippen LogP contribution in [-0.4, -0.2) is 36.6 Å². The summed E-state index contributed by atoms with van der Waals surface area (Å²) >= 11 is 8.82. The van der Waals surface area contributed by atoms with E-state index in [0.29, 0.717) is 34.3 Å². The number of rotatable bonds is 9. The predicted molar refractivity (Wildman–Crippen MR) is 131 cm³/mol. The number of hydrogen-bond acceptors (Lipinski definition) is 8. The maximum atomic E-state index is 13.3. The van der Waals surface area contributed by atoms with E-state index in [4.69, 9.17) is 16.3 Å². The highest BCUT2D eigenvalue weighted by Gasteiger charge is 2.22. The fourth-order valence-corrected chi connectivity index (χ4v) is 5.85. The van der Waals surface area contributed by atoms with Gasteiger partial charge < -0.3 is 9.30 Å². The molecule has 0 aliphatic heterocycles. The van der Waals surface area contributed by atoms with Gasteiger partial charge in [-0.15, -0.1) is 20.4 Å². The van der Waals surface area contributed by atoms with Crippen LogP contribution >= 0.6 is 34.7 Å². The summed E-state index contributed by atoms with van der Waals surface area (Å²) in [5, 5.41) is 22.1. The van der Waals surface area contributed by atoms with Crippen molar-refractivity contribution in [3.63, 3.8) is 0 Å². The molecule has 1 unspecified atom stereocenters. The monoisotopic (exact) mass is 524 g/mol. The van der Waals surface area contributed by atoms with E-state index >= 15 is 0 Å². The van der Waals surface area contributed by atoms with Crippen molar-refractivity contribution in [2.75, 3.05) is 11.1 Å². The number of ether oxygens (including phenoxy) is 1. The van der Waals surface area contributed by atoms with Gasteiger partial charge in [-0.05, 0) is 44.9 Å².